The van der Waals surface area contributed by atoms with E-state index in [0.717, 1.165) is 18.6 Å². The summed E-state index contributed by atoms with van der Waals surface area (Å²) >= 11 is 1.51. The van der Waals surface area contributed by atoms with Crippen molar-refractivity contribution >= 4 is 17.7 Å². The van der Waals surface area contributed by atoms with E-state index in [2.05, 4.69) is 4.98 Å². The van der Waals surface area contributed by atoms with Crippen molar-refractivity contribution in [2.45, 2.75) is 17.9 Å². The van der Waals surface area contributed by atoms with E-state index < -0.39 is 5.97 Å². The van der Waals surface area contributed by atoms with Crippen LogP contribution in [0.2, 0.25) is 0 Å². The number of nitrogens with zero attached hydrogens (tertiary/aromatic N) is 1. The number of carbonyl (C=O) groups is 1. The summed E-state index contributed by atoms with van der Waals surface area (Å²) in [6, 6.07) is 3.03. The lowest BCUT2D eigenvalue weighted by Crippen LogP contribution is -1.97. The van der Waals surface area contributed by atoms with Crippen molar-refractivity contribution in [2.24, 2.45) is 0 Å². The molecule has 1 heterocycles. The number of thioether (sulfide) groups is 1. The third-order valence-corrected chi connectivity index (χ3v) is 2.80. The number of pyridine rings is 1. The Hall–Kier alpha value is -1.07. The van der Waals surface area contributed by atoms with Gasteiger partial charge in [0.15, 0.2) is 0 Å². The van der Waals surface area contributed by atoms with Crippen molar-refractivity contribution in [1.29, 1.82) is 0 Å². The number of aromatic nitrogens is 1. The van der Waals surface area contributed by atoms with Crippen molar-refractivity contribution in [1.82, 2.24) is 4.98 Å². The molecule has 0 spiro atoms. The summed E-state index contributed by atoms with van der Waals surface area (Å²) in [5.74, 6) is -0.0917. The molecule has 0 radical (unpaired) electrons. The zero-order chi connectivity index (χ0) is 11.1. The standard InChI is InChI=1S/C10H13NO3S/c12-5-1-2-6-15-9-7-8(10(13)14)3-4-11-9/h3-4,7,12H,1-2,5-6H2,(H,13,14). The number of hydrogen-bond donors (Lipinski definition) is 2. The van der Waals surface area contributed by atoms with Crippen LogP contribution in [0.4, 0.5) is 0 Å². The molecule has 0 aliphatic heterocycles. The predicted octanol–water partition coefficient (Wildman–Crippen LogP) is 1.64. The summed E-state index contributed by atoms with van der Waals surface area (Å²) in [5.41, 5.74) is 0.259. The molecule has 0 aliphatic carbocycles. The number of aliphatic hydroxyl groups excluding tert-OH is 1. The maximum atomic E-state index is 10.7. The van der Waals surface area contributed by atoms with Crippen LogP contribution in [0.15, 0.2) is 23.4 Å². The summed E-state index contributed by atoms with van der Waals surface area (Å²) in [4.78, 5) is 14.7. The van der Waals surface area contributed by atoms with E-state index in [1.165, 1.54) is 24.0 Å². The number of unbranched alkanes of at least 4 members (excludes halogenated alkanes) is 1. The molecule has 4 nitrogen and oxygen atoms in total. The third-order valence-electron chi connectivity index (χ3n) is 1.78. The van der Waals surface area contributed by atoms with E-state index >= 15 is 0 Å². The van der Waals surface area contributed by atoms with Gasteiger partial charge in [-0.25, -0.2) is 9.78 Å². The number of hydrogen-bond acceptors (Lipinski definition) is 4. The molecule has 0 aromatic carbocycles. The average Bonchev–Trinajstić information content (AvgIpc) is 2.25. The van der Waals surface area contributed by atoms with Gasteiger partial charge in [0.05, 0.1) is 10.6 Å². The molecule has 1 aromatic heterocycles. The zero-order valence-corrected chi connectivity index (χ0v) is 9.04. The van der Waals surface area contributed by atoms with E-state index in [0.29, 0.717) is 5.03 Å². The SMILES string of the molecule is O=C(O)c1ccnc(SCCCCO)c1. The van der Waals surface area contributed by atoms with Crippen molar-refractivity contribution in [3.63, 3.8) is 0 Å². The second kappa shape index (κ2) is 6.42. The van der Waals surface area contributed by atoms with Gasteiger partial charge in [-0.3, -0.25) is 0 Å². The third kappa shape index (κ3) is 4.31. The van der Waals surface area contributed by atoms with Crippen LogP contribution in [0.1, 0.15) is 23.2 Å². The van der Waals surface area contributed by atoms with Gasteiger partial charge in [-0.1, -0.05) is 0 Å². The molecule has 2 N–H and O–H groups in total. The monoisotopic (exact) mass is 227 g/mol. The molecule has 0 saturated carbocycles. The van der Waals surface area contributed by atoms with Gasteiger partial charge in [0, 0.05) is 12.8 Å². The van der Waals surface area contributed by atoms with Gasteiger partial charge in [0.25, 0.3) is 0 Å². The van der Waals surface area contributed by atoms with Gasteiger partial charge in [-0.15, -0.1) is 11.8 Å². The highest BCUT2D eigenvalue weighted by Gasteiger charge is 2.04. The first-order valence-corrected chi connectivity index (χ1v) is 5.65. The minimum Gasteiger partial charge on any atom is -0.478 e. The number of aliphatic hydroxyl groups is 1. The highest BCUT2D eigenvalue weighted by molar-refractivity contribution is 7.99. The van der Waals surface area contributed by atoms with Crippen molar-refractivity contribution in [3.05, 3.63) is 23.9 Å². The minimum atomic E-state index is -0.936. The largest absolute Gasteiger partial charge is 0.478 e. The maximum Gasteiger partial charge on any atom is 0.335 e. The Morgan fingerprint density at radius 3 is 2.93 bits per heavy atom. The lowest BCUT2D eigenvalue weighted by Gasteiger charge is -2.00. The number of rotatable bonds is 6. The summed E-state index contributed by atoms with van der Waals surface area (Å²) in [5, 5.41) is 18.0. The van der Waals surface area contributed by atoms with Gasteiger partial charge < -0.3 is 10.2 Å². The Morgan fingerprint density at radius 1 is 1.47 bits per heavy atom. The van der Waals surface area contributed by atoms with Crippen LogP contribution in [0.25, 0.3) is 0 Å². The van der Waals surface area contributed by atoms with Crippen LogP contribution in [-0.2, 0) is 0 Å². The van der Waals surface area contributed by atoms with Crippen LogP contribution < -0.4 is 0 Å². The molecule has 0 unspecified atom stereocenters. The maximum absolute atomic E-state index is 10.7. The van der Waals surface area contributed by atoms with Crippen LogP contribution >= 0.6 is 11.8 Å². The topological polar surface area (TPSA) is 70.4 Å². The predicted molar refractivity (Wildman–Crippen MR) is 58.2 cm³/mol. The Morgan fingerprint density at radius 2 is 2.27 bits per heavy atom. The first-order chi connectivity index (χ1) is 7.24. The Kier molecular flexibility index (Phi) is 5.14. The Balaban J connectivity index is 2.47. The molecule has 0 fully saturated rings. The molecular weight excluding hydrogens is 214 g/mol. The van der Waals surface area contributed by atoms with E-state index in [4.69, 9.17) is 10.2 Å². The lowest BCUT2D eigenvalue weighted by atomic mass is 10.3. The van der Waals surface area contributed by atoms with E-state index in [1.54, 1.807) is 6.07 Å². The Bertz CT molecular complexity index is 330. The van der Waals surface area contributed by atoms with Crippen LogP contribution in [0.3, 0.4) is 0 Å². The second-order valence-electron chi connectivity index (χ2n) is 2.97. The van der Waals surface area contributed by atoms with Crippen molar-refractivity contribution < 1.29 is 15.0 Å². The zero-order valence-electron chi connectivity index (χ0n) is 8.22. The number of aromatic carboxylic acids is 1. The number of carboxylic acid groups (broad SMARTS) is 1. The summed E-state index contributed by atoms with van der Waals surface area (Å²) in [6.45, 7) is 0.198. The van der Waals surface area contributed by atoms with Crippen LogP contribution in [0, 0.1) is 0 Å². The van der Waals surface area contributed by atoms with Crippen LogP contribution in [-0.4, -0.2) is 33.5 Å². The normalized spacial score (nSPS) is 10.2. The second-order valence-corrected chi connectivity index (χ2v) is 4.08. The Labute approximate surface area is 92.3 Å². The van der Waals surface area contributed by atoms with Crippen molar-refractivity contribution in [3.8, 4) is 0 Å². The molecule has 5 heteroatoms. The molecular formula is C10H13NO3S. The molecule has 0 aliphatic rings. The summed E-state index contributed by atoms with van der Waals surface area (Å²) in [6.07, 6.45) is 3.17. The molecule has 0 atom stereocenters. The lowest BCUT2D eigenvalue weighted by molar-refractivity contribution is 0.0696. The molecule has 0 amide bonds. The smallest absolute Gasteiger partial charge is 0.335 e. The fourth-order valence-electron chi connectivity index (χ4n) is 1.01. The highest BCUT2D eigenvalue weighted by Crippen LogP contribution is 2.17. The molecule has 82 valence electrons. The summed E-state index contributed by atoms with van der Waals surface area (Å²) < 4.78 is 0. The molecule has 0 saturated heterocycles. The summed E-state index contributed by atoms with van der Waals surface area (Å²) in [7, 11) is 0. The first-order valence-electron chi connectivity index (χ1n) is 4.67. The van der Waals surface area contributed by atoms with E-state index in [1.807, 2.05) is 0 Å². The molecule has 15 heavy (non-hydrogen) atoms. The van der Waals surface area contributed by atoms with E-state index in [9.17, 15) is 4.79 Å². The quantitative estimate of drug-likeness (QED) is 0.571. The van der Waals surface area contributed by atoms with Crippen LogP contribution in [0.5, 0.6) is 0 Å². The van der Waals surface area contributed by atoms with Gasteiger partial charge in [0.2, 0.25) is 0 Å². The molecule has 1 aromatic rings. The van der Waals surface area contributed by atoms with Gasteiger partial charge in [-0.2, -0.15) is 0 Å². The minimum absolute atomic E-state index is 0.198. The fourth-order valence-corrected chi connectivity index (χ4v) is 1.92. The van der Waals surface area contributed by atoms with Crippen molar-refractivity contribution in [2.75, 3.05) is 12.4 Å². The van der Waals surface area contributed by atoms with Gasteiger partial charge >= 0.3 is 5.97 Å². The number of carboxylic acids is 1. The van der Waals surface area contributed by atoms with E-state index in [-0.39, 0.29) is 12.2 Å². The van der Waals surface area contributed by atoms with Gasteiger partial charge in [0.1, 0.15) is 0 Å². The first kappa shape index (κ1) is 12.0. The molecule has 0 bridgehead atoms. The average molecular weight is 227 g/mol. The highest BCUT2D eigenvalue weighted by atomic mass is 32.2. The molecule has 1 rings (SSSR count). The fraction of sp³-hybridized carbons (Fsp3) is 0.400. The van der Waals surface area contributed by atoms with Gasteiger partial charge in [-0.05, 0) is 30.7 Å².